The Balaban J connectivity index is 1.42. The van der Waals surface area contributed by atoms with E-state index in [2.05, 4.69) is 166 Å². The summed E-state index contributed by atoms with van der Waals surface area (Å²) >= 11 is 0. The van der Waals surface area contributed by atoms with E-state index in [9.17, 15) is 0 Å². The zero-order chi connectivity index (χ0) is 31.9. The maximum absolute atomic E-state index is 6.51. The molecular weight excluding hydrogens is 614 g/mol. The summed E-state index contributed by atoms with van der Waals surface area (Å²) in [6, 6.07) is 63.1. The number of nitrogen functional groups attached to an aromatic ring is 1. The van der Waals surface area contributed by atoms with Gasteiger partial charge in [0.2, 0.25) is 20.8 Å². The number of aromatic nitrogens is 3. The van der Waals surface area contributed by atoms with Gasteiger partial charge in [-0.2, -0.15) is 15.0 Å². The maximum atomic E-state index is 6.51. The number of hydrogen-bond donors (Lipinski definition) is 3. The number of hydrogen-bond acceptors (Lipinski definition) is 6. The van der Waals surface area contributed by atoms with Gasteiger partial charge in [-0.25, -0.2) is 10.2 Å². The molecule has 0 spiro atoms. The van der Waals surface area contributed by atoms with E-state index in [1.165, 1.54) is 0 Å². The Kier molecular flexibility index (Phi) is 8.70. The Labute approximate surface area is 276 Å². The minimum atomic E-state index is -2.52. The standard InChI is InChI=1S/C39H34N6P2/c40-37-41-38(44-46(31-19-7-1-8-20-31,32-21-9-2-10-22-32)33-23-11-3-12-24-33)43-39(42-37)45-47(34-25-13-4-14-26-34,35-27-15-5-16-28-35)36-29-17-6-18-30-36/h1-30H,(H4,40,41,42,43,44,45)/q+2. The Morgan fingerprint density at radius 2 is 0.532 bits per heavy atom. The third kappa shape index (κ3) is 5.97. The van der Waals surface area contributed by atoms with Crippen molar-refractivity contribution in [1.29, 1.82) is 0 Å². The second-order valence-corrected chi connectivity index (χ2v) is 17.1. The molecule has 8 heteroatoms. The number of rotatable bonds is 10. The van der Waals surface area contributed by atoms with Crippen molar-refractivity contribution in [3.8, 4) is 0 Å². The van der Waals surface area contributed by atoms with Gasteiger partial charge in [0, 0.05) is 0 Å². The molecule has 6 nitrogen and oxygen atoms in total. The van der Waals surface area contributed by atoms with E-state index in [-0.39, 0.29) is 5.95 Å². The van der Waals surface area contributed by atoms with Gasteiger partial charge in [0.1, 0.15) is 31.8 Å². The number of benzene rings is 6. The molecule has 0 amide bonds. The molecule has 1 aromatic heterocycles. The third-order valence-electron chi connectivity index (χ3n) is 8.05. The monoisotopic (exact) mass is 648 g/mol. The fourth-order valence-corrected chi connectivity index (χ4v) is 13.1. The van der Waals surface area contributed by atoms with E-state index in [1.807, 2.05) is 36.4 Å². The highest BCUT2D eigenvalue weighted by Gasteiger charge is 2.49. The van der Waals surface area contributed by atoms with E-state index in [0.29, 0.717) is 11.9 Å². The van der Waals surface area contributed by atoms with Gasteiger partial charge in [0.15, 0.2) is 0 Å². The fraction of sp³-hybridized carbons (Fsp3) is 0. The summed E-state index contributed by atoms with van der Waals surface area (Å²) in [7, 11) is -5.03. The minimum absolute atomic E-state index is 0.129. The molecule has 0 radical (unpaired) electrons. The van der Waals surface area contributed by atoms with Crippen molar-refractivity contribution < 1.29 is 0 Å². The van der Waals surface area contributed by atoms with Crippen LogP contribution >= 0.6 is 14.8 Å². The largest absolute Gasteiger partial charge is 0.368 e. The molecule has 0 aliphatic rings. The maximum Gasteiger partial charge on any atom is 0.262 e. The Hall–Kier alpha value is -5.41. The molecule has 4 N–H and O–H groups in total. The molecule has 6 aromatic carbocycles. The van der Waals surface area contributed by atoms with E-state index in [1.54, 1.807) is 0 Å². The van der Waals surface area contributed by atoms with Gasteiger partial charge in [0.25, 0.3) is 11.9 Å². The van der Waals surface area contributed by atoms with Crippen LogP contribution in [0.1, 0.15) is 0 Å². The Bertz CT molecular complexity index is 1690. The van der Waals surface area contributed by atoms with Crippen LogP contribution in [0.3, 0.4) is 0 Å². The first-order valence-electron chi connectivity index (χ1n) is 15.4. The lowest BCUT2D eigenvalue weighted by Crippen LogP contribution is -2.37. The molecule has 0 fully saturated rings. The summed E-state index contributed by atoms with van der Waals surface area (Å²) in [5.41, 5.74) is 6.51. The molecule has 0 aliphatic carbocycles. The lowest BCUT2D eigenvalue weighted by molar-refractivity contribution is 1.09. The van der Waals surface area contributed by atoms with Crippen LogP contribution in [0.25, 0.3) is 0 Å². The van der Waals surface area contributed by atoms with Crippen molar-refractivity contribution in [2.24, 2.45) is 0 Å². The van der Waals surface area contributed by atoms with Crippen LogP contribution in [0, 0.1) is 0 Å². The van der Waals surface area contributed by atoms with Crippen LogP contribution in [0.2, 0.25) is 0 Å². The molecule has 0 atom stereocenters. The average Bonchev–Trinajstić information content (AvgIpc) is 3.15. The lowest BCUT2D eigenvalue weighted by Gasteiger charge is -2.28. The quantitative estimate of drug-likeness (QED) is 0.156. The fourth-order valence-electron chi connectivity index (χ4n) is 5.98. The molecule has 0 unspecified atom stereocenters. The first-order valence-corrected chi connectivity index (χ1v) is 19.0. The van der Waals surface area contributed by atoms with Gasteiger partial charge in [-0.05, 0) is 72.8 Å². The van der Waals surface area contributed by atoms with Crippen LogP contribution in [-0.4, -0.2) is 15.0 Å². The SMILES string of the molecule is Nc1nc(N[P+](c2ccccc2)(c2ccccc2)c2ccccc2)nc(N[P+](c2ccccc2)(c2ccccc2)c2ccccc2)n1. The van der Waals surface area contributed by atoms with Gasteiger partial charge in [-0.1, -0.05) is 109 Å². The predicted octanol–water partition coefficient (Wildman–Crippen LogP) is 6.10. The smallest absolute Gasteiger partial charge is 0.262 e. The molecule has 228 valence electrons. The van der Waals surface area contributed by atoms with Crippen LogP contribution in [0.15, 0.2) is 182 Å². The molecule has 47 heavy (non-hydrogen) atoms. The van der Waals surface area contributed by atoms with Crippen molar-refractivity contribution in [2.75, 3.05) is 15.9 Å². The normalized spacial score (nSPS) is 11.5. The molecule has 0 saturated carbocycles. The van der Waals surface area contributed by atoms with Crippen molar-refractivity contribution in [1.82, 2.24) is 15.0 Å². The molecule has 7 aromatic rings. The highest BCUT2D eigenvalue weighted by Crippen LogP contribution is 2.56. The number of nitrogens with one attached hydrogen (secondary N) is 2. The highest BCUT2D eigenvalue weighted by molar-refractivity contribution is 7.97. The first kappa shape index (κ1) is 30.3. The molecule has 0 saturated heterocycles. The van der Waals surface area contributed by atoms with Crippen molar-refractivity contribution in [2.45, 2.75) is 0 Å². The second kappa shape index (κ2) is 13.5. The summed E-state index contributed by atoms with van der Waals surface area (Å²) in [6.07, 6.45) is 0. The summed E-state index contributed by atoms with van der Waals surface area (Å²) < 4.78 is 0. The number of nitrogens with two attached hydrogens (primary N) is 1. The number of nitrogens with zero attached hydrogens (tertiary/aromatic N) is 3. The van der Waals surface area contributed by atoms with Crippen LogP contribution in [0.5, 0.6) is 0 Å². The highest BCUT2D eigenvalue weighted by atomic mass is 31.2. The summed E-state index contributed by atoms with van der Waals surface area (Å²) in [5.74, 6) is 0.930. The molecule has 1 heterocycles. The van der Waals surface area contributed by atoms with E-state index >= 15 is 0 Å². The van der Waals surface area contributed by atoms with Gasteiger partial charge in [-0.15, -0.1) is 0 Å². The summed E-state index contributed by atoms with van der Waals surface area (Å²) in [4.78, 5) is 14.5. The van der Waals surface area contributed by atoms with Crippen LogP contribution in [-0.2, 0) is 0 Å². The first-order chi connectivity index (χ1) is 23.2. The third-order valence-corrected chi connectivity index (χ3v) is 15.6. The lowest BCUT2D eigenvalue weighted by atomic mass is 10.4. The van der Waals surface area contributed by atoms with E-state index < -0.39 is 14.8 Å². The van der Waals surface area contributed by atoms with Gasteiger partial charge in [0.05, 0.1) is 0 Å². The molecule has 0 bridgehead atoms. The summed E-state index contributed by atoms with van der Waals surface area (Å²) in [5, 5.41) is 14.6. The van der Waals surface area contributed by atoms with Crippen molar-refractivity contribution in [3.63, 3.8) is 0 Å². The Morgan fingerprint density at radius 3 is 0.745 bits per heavy atom. The zero-order valence-electron chi connectivity index (χ0n) is 25.6. The van der Waals surface area contributed by atoms with Gasteiger partial charge >= 0.3 is 0 Å². The second-order valence-electron chi connectivity index (χ2n) is 10.9. The van der Waals surface area contributed by atoms with Gasteiger partial charge < -0.3 is 5.73 Å². The Morgan fingerprint density at radius 1 is 0.319 bits per heavy atom. The molecular formula is C39H34N6P2+2. The summed E-state index contributed by atoms with van der Waals surface area (Å²) in [6.45, 7) is 0. The van der Waals surface area contributed by atoms with E-state index in [0.717, 1.165) is 31.8 Å². The van der Waals surface area contributed by atoms with Crippen molar-refractivity contribution in [3.05, 3.63) is 182 Å². The van der Waals surface area contributed by atoms with Crippen molar-refractivity contribution >= 4 is 64.5 Å². The van der Waals surface area contributed by atoms with Crippen LogP contribution in [0.4, 0.5) is 17.8 Å². The predicted molar refractivity (Wildman–Crippen MR) is 202 cm³/mol. The average molecular weight is 649 g/mol. The van der Waals surface area contributed by atoms with Gasteiger partial charge in [-0.3, -0.25) is 0 Å². The van der Waals surface area contributed by atoms with Crippen LogP contribution < -0.4 is 47.7 Å². The topological polar surface area (TPSA) is 88.8 Å². The molecule has 7 rings (SSSR count). The molecule has 0 aliphatic heterocycles. The minimum Gasteiger partial charge on any atom is -0.368 e. The zero-order valence-corrected chi connectivity index (χ0v) is 27.4. The van der Waals surface area contributed by atoms with E-state index in [4.69, 9.17) is 10.7 Å². The number of anilines is 3.